The third-order valence-electron chi connectivity index (χ3n) is 2.77. The second-order valence-corrected chi connectivity index (χ2v) is 7.24. The van der Waals surface area contributed by atoms with Crippen molar-refractivity contribution in [3.8, 4) is 0 Å². The Bertz CT molecular complexity index is 583. The Kier molecular flexibility index (Phi) is 6.85. The van der Waals surface area contributed by atoms with Crippen molar-refractivity contribution in [1.29, 1.82) is 0 Å². The van der Waals surface area contributed by atoms with E-state index < -0.39 is 45.4 Å². The molecule has 3 unspecified atom stereocenters. The van der Waals surface area contributed by atoms with Crippen molar-refractivity contribution in [1.82, 2.24) is 0 Å². The number of hydrogen-bond acceptors (Lipinski definition) is 7. The Morgan fingerprint density at radius 2 is 1.16 bits per heavy atom. The van der Waals surface area contributed by atoms with Crippen molar-refractivity contribution in [2.45, 2.75) is 56.1 Å². The van der Waals surface area contributed by atoms with Gasteiger partial charge in [-0.05, 0) is 27.7 Å². The van der Waals surface area contributed by atoms with Crippen molar-refractivity contribution in [2.24, 2.45) is 0 Å². The molecule has 0 aromatic heterocycles. The van der Waals surface area contributed by atoms with E-state index in [9.17, 15) is 24.3 Å². The smallest absolute Gasteiger partial charge is 0.377 e. The molecule has 10 nitrogen and oxygen atoms in total. The highest BCUT2D eigenvalue weighted by molar-refractivity contribution is 6.35. The van der Waals surface area contributed by atoms with Crippen LogP contribution < -0.4 is 0 Å². The first-order chi connectivity index (χ1) is 10.9. The topological polar surface area (TPSA) is 157 Å². The third kappa shape index (κ3) is 5.99. The van der Waals surface area contributed by atoms with Gasteiger partial charge in [-0.3, -0.25) is 0 Å². The van der Waals surface area contributed by atoms with Crippen LogP contribution in [0.2, 0.25) is 0 Å². The van der Waals surface area contributed by atoms with Gasteiger partial charge in [0.1, 0.15) is 0 Å². The minimum Gasteiger partial charge on any atom is -0.479 e. The molecule has 25 heavy (non-hydrogen) atoms. The second-order valence-electron chi connectivity index (χ2n) is 5.80. The Balaban J connectivity index is 5.53. The van der Waals surface area contributed by atoms with Crippen LogP contribution in [0.15, 0.2) is 0 Å². The van der Waals surface area contributed by atoms with E-state index in [1.807, 2.05) is 0 Å². The SMILES string of the molecule is CC(C)(OC(C)(OC(=O)C(C)(Cl)OC(C)(Cl)C(=O)O)C(=O)O)C(=O)O. The van der Waals surface area contributed by atoms with Crippen LogP contribution in [0.25, 0.3) is 0 Å². The van der Waals surface area contributed by atoms with Crippen LogP contribution in [-0.2, 0) is 33.4 Å². The summed E-state index contributed by atoms with van der Waals surface area (Å²) in [6.45, 7) is 4.57. The number of rotatable bonds is 9. The molecule has 0 amide bonds. The van der Waals surface area contributed by atoms with Gasteiger partial charge in [0, 0.05) is 6.92 Å². The first kappa shape index (κ1) is 23.4. The van der Waals surface area contributed by atoms with Crippen molar-refractivity contribution in [2.75, 3.05) is 0 Å². The molecule has 0 aliphatic carbocycles. The van der Waals surface area contributed by atoms with Crippen LogP contribution in [0, 0.1) is 0 Å². The van der Waals surface area contributed by atoms with E-state index >= 15 is 0 Å². The number of aliphatic carboxylic acids is 3. The van der Waals surface area contributed by atoms with Crippen molar-refractivity contribution < 1.29 is 48.7 Å². The molecule has 0 aliphatic rings. The van der Waals surface area contributed by atoms with E-state index in [0.717, 1.165) is 34.6 Å². The summed E-state index contributed by atoms with van der Waals surface area (Å²) in [6.07, 6.45) is 0. The fraction of sp³-hybridized carbons (Fsp3) is 0.692. The molecule has 0 fully saturated rings. The molecular formula is C13H18Cl2O10. The largest absolute Gasteiger partial charge is 0.479 e. The average molecular weight is 405 g/mol. The van der Waals surface area contributed by atoms with E-state index in [1.54, 1.807) is 0 Å². The normalized spacial score (nSPS) is 19.0. The molecule has 3 N–H and O–H groups in total. The number of halogens is 2. The van der Waals surface area contributed by atoms with Gasteiger partial charge in [-0.15, -0.1) is 0 Å². The Hall–Kier alpha value is -1.62. The van der Waals surface area contributed by atoms with Crippen LogP contribution in [0.3, 0.4) is 0 Å². The first-order valence-corrected chi connectivity index (χ1v) is 7.35. The molecular weight excluding hydrogens is 387 g/mol. The number of carbonyl (C=O) groups is 4. The minimum atomic E-state index is -2.76. The molecule has 0 aromatic rings. The van der Waals surface area contributed by atoms with Crippen LogP contribution in [0.4, 0.5) is 0 Å². The predicted molar refractivity (Wildman–Crippen MR) is 82.2 cm³/mol. The Morgan fingerprint density at radius 3 is 1.48 bits per heavy atom. The van der Waals surface area contributed by atoms with Crippen LogP contribution in [0.5, 0.6) is 0 Å². The second kappa shape index (κ2) is 7.32. The van der Waals surface area contributed by atoms with Crippen molar-refractivity contribution in [3.05, 3.63) is 0 Å². The lowest BCUT2D eigenvalue weighted by Crippen LogP contribution is -2.54. The lowest BCUT2D eigenvalue weighted by Gasteiger charge is -2.35. The molecule has 0 radical (unpaired) electrons. The number of ether oxygens (including phenoxy) is 3. The van der Waals surface area contributed by atoms with Gasteiger partial charge in [0.05, 0.1) is 0 Å². The summed E-state index contributed by atoms with van der Waals surface area (Å²) in [7, 11) is 0. The zero-order valence-corrected chi connectivity index (χ0v) is 15.5. The number of hydrogen-bond donors (Lipinski definition) is 3. The summed E-state index contributed by atoms with van der Waals surface area (Å²) in [5, 5.41) is 22.2. The van der Waals surface area contributed by atoms with E-state index in [0.29, 0.717) is 0 Å². The van der Waals surface area contributed by atoms with Crippen LogP contribution in [-0.4, -0.2) is 60.7 Å². The van der Waals surface area contributed by atoms with E-state index in [2.05, 4.69) is 4.74 Å². The lowest BCUT2D eigenvalue weighted by molar-refractivity contribution is -0.268. The van der Waals surface area contributed by atoms with Crippen LogP contribution in [0.1, 0.15) is 34.6 Å². The standard InChI is InChI=1S/C13H18Cl2O10/c1-10(2,6(16)17)24-13(5,8(20)21)23-9(22)12(4,15)25-11(3,14)7(18)19/h1-5H3,(H,16,17)(H,18,19)(H,20,21). The summed E-state index contributed by atoms with van der Waals surface area (Å²) in [5.41, 5.74) is -2.04. The molecule has 0 rings (SSSR count). The minimum absolute atomic E-state index is 0.766. The Labute approximate surface area is 152 Å². The highest BCUT2D eigenvalue weighted by Crippen LogP contribution is 2.32. The van der Waals surface area contributed by atoms with Gasteiger partial charge in [0.2, 0.25) is 10.1 Å². The van der Waals surface area contributed by atoms with Gasteiger partial charge in [-0.2, -0.15) is 0 Å². The maximum Gasteiger partial charge on any atom is 0.377 e. The Morgan fingerprint density at radius 1 is 0.720 bits per heavy atom. The van der Waals surface area contributed by atoms with Crippen molar-refractivity contribution >= 4 is 47.1 Å². The molecule has 0 bridgehead atoms. The number of alkyl halides is 2. The van der Waals surface area contributed by atoms with Gasteiger partial charge in [-0.25, -0.2) is 19.2 Å². The highest BCUT2D eigenvalue weighted by atomic mass is 35.5. The molecule has 3 atom stereocenters. The number of carboxylic acid groups (broad SMARTS) is 3. The number of esters is 1. The summed E-state index contributed by atoms with van der Waals surface area (Å²) >= 11 is 11.3. The maximum atomic E-state index is 12.1. The van der Waals surface area contributed by atoms with Gasteiger partial charge < -0.3 is 29.5 Å². The number of carbonyl (C=O) groups excluding carboxylic acids is 1. The summed E-state index contributed by atoms with van der Waals surface area (Å²) in [6, 6.07) is 0. The maximum absolute atomic E-state index is 12.1. The van der Waals surface area contributed by atoms with Gasteiger partial charge >= 0.3 is 29.7 Å². The zero-order valence-electron chi connectivity index (χ0n) is 14.0. The molecule has 0 aromatic carbocycles. The zero-order chi connectivity index (χ0) is 20.4. The quantitative estimate of drug-likeness (QED) is 0.289. The first-order valence-electron chi connectivity index (χ1n) is 6.59. The molecule has 0 saturated carbocycles. The molecule has 0 heterocycles. The van der Waals surface area contributed by atoms with E-state index in [-0.39, 0.29) is 0 Å². The summed E-state index contributed by atoms with van der Waals surface area (Å²) < 4.78 is 14.3. The predicted octanol–water partition coefficient (Wildman–Crippen LogP) is 1.22. The van der Waals surface area contributed by atoms with E-state index in [1.165, 1.54) is 0 Å². The fourth-order valence-corrected chi connectivity index (χ4v) is 1.74. The van der Waals surface area contributed by atoms with Gasteiger partial charge in [0.15, 0.2) is 5.60 Å². The lowest BCUT2D eigenvalue weighted by atomic mass is 10.1. The summed E-state index contributed by atoms with van der Waals surface area (Å²) in [5.74, 6) is -9.36. The van der Waals surface area contributed by atoms with E-state index in [4.69, 9.17) is 42.9 Å². The summed E-state index contributed by atoms with van der Waals surface area (Å²) in [4.78, 5) is 45.5. The highest BCUT2D eigenvalue weighted by Gasteiger charge is 2.51. The fourth-order valence-electron chi connectivity index (χ4n) is 1.35. The average Bonchev–Trinajstić information content (AvgIpc) is 2.35. The number of carboxylic acids is 3. The molecule has 0 aliphatic heterocycles. The van der Waals surface area contributed by atoms with Gasteiger partial charge in [0.25, 0.3) is 0 Å². The molecule has 144 valence electrons. The van der Waals surface area contributed by atoms with Crippen LogP contribution >= 0.6 is 23.2 Å². The third-order valence-corrected chi connectivity index (χ3v) is 3.24. The molecule has 0 saturated heterocycles. The monoisotopic (exact) mass is 404 g/mol. The molecule has 0 spiro atoms. The molecule has 12 heteroatoms. The van der Waals surface area contributed by atoms with Gasteiger partial charge in [-0.1, -0.05) is 23.2 Å². The van der Waals surface area contributed by atoms with Crippen molar-refractivity contribution in [3.63, 3.8) is 0 Å².